The predicted octanol–water partition coefficient (Wildman–Crippen LogP) is 6.48. The Morgan fingerprint density at radius 3 is 2.52 bits per heavy atom. The number of rotatable bonds is 5. The van der Waals surface area contributed by atoms with E-state index in [1.165, 1.54) is 9.71 Å². The number of fused-ring (bicyclic) bond motifs is 1. The van der Waals surface area contributed by atoms with Crippen molar-refractivity contribution in [3.63, 3.8) is 0 Å². The molecule has 6 heteroatoms. The number of aromatic nitrogens is 1. The maximum absolute atomic E-state index is 13.4. The second-order valence-electron chi connectivity index (χ2n) is 8.18. The first kappa shape index (κ1) is 21.7. The van der Waals surface area contributed by atoms with Crippen LogP contribution in [0.1, 0.15) is 45.3 Å². The lowest BCUT2D eigenvalue weighted by Crippen LogP contribution is -2.38. The Morgan fingerprint density at radius 1 is 1.03 bits per heavy atom. The molecule has 5 rings (SSSR count). The van der Waals surface area contributed by atoms with Crippen LogP contribution in [0.15, 0.2) is 77.7 Å². The van der Waals surface area contributed by atoms with Gasteiger partial charge in [0.15, 0.2) is 0 Å². The molecule has 3 aromatic carbocycles. The first-order valence-corrected chi connectivity index (χ1v) is 12.9. The summed E-state index contributed by atoms with van der Waals surface area (Å²) < 4.78 is 1.24. The molecule has 1 aliphatic heterocycles. The lowest BCUT2D eigenvalue weighted by atomic mass is 9.97. The van der Waals surface area contributed by atoms with Crippen LogP contribution in [0.4, 0.5) is 0 Å². The van der Waals surface area contributed by atoms with Crippen LogP contribution in [0.2, 0.25) is 0 Å². The second kappa shape index (κ2) is 9.78. The van der Waals surface area contributed by atoms with Gasteiger partial charge in [0, 0.05) is 29.7 Å². The molecule has 33 heavy (non-hydrogen) atoms. The topological polar surface area (TPSA) is 57.0 Å². The van der Waals surface area contributed by atoms with Gasteiger partial charge in [-0.25, -0.2) is 4.98 Å². The van der Waals surface area contributed by atoms with Crippen molar-refractivity contribution in [3.8, 4) is 6.07 Å². The van der Waals surface area contributed by atoms with Crippen LogP contribution in [0.25, 0.3) is 10.2 Å². The molecule has 1 fully saturated rings. The van der Waals surface area contributed by atoms with Gasteiger partial charge in [-0.15, -0.1) is 23.1 Å². The van der Waals surface area contributed by atoms with E-state index in [2.05, 4.69) is 24.3 Å². The van der Waals surface area contributed by atoms with Crippen molar-refractivity contribution >= 4 is 39.2 Å². The highest BCUT2D eigenvalue weighted by Gasteiger charge is 2.27. The monoisotopic (exact) mass is 469 g/mol. The molecular weight excluding hydrogens is 446 g/mol. The number of thiazole rings is 1. The number of hydrogen-bond acceptors (Lipinski definition) is 5. The number of likely N-dealkylation sites (tertiary alicyclic amines) is 1. The standard InChI is InChI=1S/C27H23N3OS2/c28-17-19-9-11-20(12-10-19)18-32-24-7-3-1-5-22(24)27(31)30-15-13-21(14-16-30)26-29-23-6-2-4-8-25(23)33-26/h1-12,21H,13-16,18H2. The normalized spacial score (nSPS) is 14.3. The Morgan fingerprint density at radius 2 is 1.76 bits per heavy atom. The number of hydrogen-bond donors (Lipinski definition) is 0. The van der Waals surface area contributed by atoms with Gasteiger partial charge in [0.1, 0.15) is 0 Å². The van der Waals surface area contributed by atoms with E-state index in [4.69, 9.17) is 10.2 Å². The van der Waals surface area contributed by atoms with Gasteiger partial charge in [0.05, 0.1) is 32.4 Å². The van der Waals surface area contributed by atoms with E-state index in [0.29, 0.717) is 11.5 Å². The van der Waals surface area contributed by atoms with E-state index < -0.39 is 0 Å². The minimum atomic E-state index is 0.112. The maximum Gasteiger partial charge on any atom is 0.254 e. The maximum atomic E-state index is 13.4. The Hall–Kier alpha value is -3.14. The predicted molar refractivity (Wildman–Crippen MR) is 135 cm³/mol. The second-order valence-corrected chi connectivity index (χ2v) is 10.3. The zero-order valence-corrected chi connectivity index (χ0v) is 19.7. The van der Waals surface area contributed by atoms with Crippen molar-refractivity contribution in [3.05, 3.63) is 94.5 Å². The van der Waals surface area contributed by atoms with E-state index in [-0.39, 0.29) is 5.91 Å². The van der Waals surface area contributed by atoms with Gasteiger partial charge in [-0.2, -0.15) is 5.26 Å². The molecule has 2 heterocycles. The third-order valence-corrected chi connectivity index (χ3v) is 8.38. The van der Waals surface area contributed by atoms with Gasteiger partial charge in [-0.05, 0) is 54.8 Å². The molecule has 0 saturated carbocycles. The largest absolute Gasteiger partial charge is 0.339 e. The summed E-state index contributed by atoms with van der Waals surface area (Å²) in [7, 11) is 0. The third-order valence-electron chi connectivity index (χ3n) is 6.04. The molecule has 0 bridgehead atoms. The van der Waals surface area contributed by atoms with E-state index in [9.17, 15) is 4.79 Å². The van der Waals surface area contributed by atoms with Crippen LogP contribution < -0.4 is 0 Å². The van der Waals surface area contributed by atoms with Crippen molar-refractivity contribution in [1.29, 1.82) is 5.26 Å². The van der Waals surface area contributed by atoms with Gasteiger partial charge in [-0.1, -0.05) is 36.4 Å². The Bertz CT molecular complexity index is 1280. The van der Waals surface area contributed by atoms with Crippen molar-refractivity contribution in [2.75, 3.05) is 13.1 Å². The molecule has 0 spiro atoms. The summed E-state index contributed by atoms with van der Waals surface area (Å²) in [5, 5.41) is 10.2. The molecule has 1 saturated heterocycles. The summed E-state index contributed by atoms with van der Waals surface area (Å²) in [5.74, 6) is 1.29. The van der Waals surface area contributed by atoms with Crippen LogP contribution in [0.3, 0.4) is 0 Å². The summed E-state index contributed by atoms with van der Waals surface area (Å²) in [5.41, 5.74) is 3.64. The number of benzene rings is 3. The number of carbonyl (C=O) groups is 1. The van der Waals surface area contributed by atoms with Gasteiger partial charge >= 0.3 is 0 Å². The highest BCUT2D eigenvalue weighted by atomic mass is 32.2. The summed E-state index contributed by atoms with van der Waals surface area (Å²) in [4.78, 5) is 21.2. The minimum Gasteiger partial charge on any atom is -0.339 e. The highest BCUT2D eigenvalue weighted by Crippen LogP contribution is 2.35. The SMILES string of the molecule is N#Cc1ccc(CSc2ccccc2C(=O)N2CCC(c3nc4ccccc4s3)CC2)cc1. The molecule has 164 valence electrons. The molecule has 1 aliphatic rings. The minimum absolute atomic E-state index is 0.112. The molecule has 1 aromatic heterocycles. The van der Waals surface area contributed by atoms with E-state index >= 15 is 0 Å². The number of para-hydroxylation sites is 1. The summed E-state index contributed by atoms with van der Waals surface area (Å²) in [6.07, 6.45) is 1.90. The molecule has 0 atom stereocenters. The number of thioether (sulfide) groups is 1. The van der Waals surface area contributed by atoms with Crippen LogP contribution in [0, 0.1) is 11.3 Å². The number of carbonyl (C=O) groups excluding carboxylic acids is 1. The Kier molecular flexibility index (Phi) is 6.43. The zero-order valence-electron chi connectivity index (χ0n) is 18.1. The fraction of sp³-hybridized carbons (Fsp3) is 0.222. The first-order valence-electron chi connectivity index (χ1n) is 11.1. The molecule has 0 radical (unpaired) electrons. The average Bonchev–Trinajstić information content (AvgIpc) is 3.32. The molecule has 0 unspecified atom stereocenters. The fourth-order valence-electron chi connectivity index (χ4n) is 4.17. The van der Waals surface area contributed by atoms with Crippen LogP contribution >= 0.6 is 23.1 Å². The molecular formula is C27H23N3OS2. The van der Waals surface area contributed by atoms with E-state index in [1.54, 1.807) is 23.1 Å². The van der Waals surface area contributed by atoms with Crippen molar-refractivity contribution in [2.24, 2.45) is 0 Å². The molecule has 4 aromatic rings. The first-order chi connectivity index (χ1) is 16.2. The zero-order chi connectivity index (χ0) is 22.6. The van der Waals surface area contributed by atoms with Crippen molar-refractivity contribution in [1.82, 2.24) is 9.88 Å². The highest BCUT2D eigenvalue weighted by molar-refractivity contribution is 7.98. The number of amides is 1. The van der Waals surface area contributed by atoms with Crippen LogP contribution in [-0.4, -0.2) is 28.9 Å². The van der Waals surface area contributed by atoms with Gasteiger partial charge < -0.3 is 4.90 Å². The quantitative estimate of drug-likeness (QED) is 0.314. The Labute approximate surface area is 201 Å². The van der Waals surface area contributed by atoms with Crippen LogP contribution in [-0.2, 0) is 5.75 Å². The summed E-state index contributed by atoms with van der Waals surface area (Å²) in [6.45, 7) is 1.52. The summed E-state index contributed by atoms with van der Waals surface area (Å²) in [6, 6.07) is 25.9. The molecule has 4 nitrogen and oxygen atoms in total. The van der Waals surface area contributed by atoms with Gasteiger partial charge in [0.25, 0.3) is 5.91 Å². The van der Waals surface area contributed by atoms with Gasteiger partial charge in [0.2, 0.25) is 0 Å². The lowest BCUT2D eigenvalue weighted by molar-refractivity contribution is 0.0709. The number of nitrogens with zero attached hydrogens (tertiary/aromatic N) is 3. The number of piperidine rings is 1. The average molecular weight is 470 g/mol. The van der Waals surface area contributed by atoms with Crippen molar-refractivity contribution in [2.45, 2.75) is 29.4 Å². The molecule has 1 amide bonds. The molecule has 0 aliphatic carbocycles. The smallest absolute Gasteiger partial charge is 0.254 e. The lowest BCUT2D eigenvalue weighted by Gasteiger charge is -2.31. The number of nitriles is 1. The summed E-state index contributed by atoms with van der Waals surface area (Å²) >= 11 is 3.45. The van der Waals surface area contributed by atoms with Gasteiger partial charge in [-0.3, -0.25) is 4.79 Å². The molecule has 0 N–H and O–H groups in total. The van der Waals surface area contributed by atoms with E-state index in [1.807, 2.05) is 59.5 Å². The van der Waals surface area contributed by atoms with Crippen molar-refractivity contribution < 1.29 is 4.79 Å². The Balaban J connectivity index is 1.24. The third kappa shape index (κ3) is 4.80. The fourth-order valence-corrected chi connectivity index (χ4v) is 6.31. The van der Waals surface area contributed by atoms with Crippen LogP contribution in [0.5, 0.6) is 0 Å². The van der Waals surface area contributed by atoms with E-state index in [0.717, 1.165) is 53.2 Å².